The first-order valence-corrected chi connectivity index (χ1v) is 7.68. The van der Waals surface area contributed by atoms with E-state index in [0.717, 1.165) is 34.7 Å². The minimum Gasteiger partial charge on any atom is -0.318 e. The predicted octanol–water partition coefficient (Wildman–Crippen LogP) is 0.894. The molecule has 0 bridgehead atoms. The lowest BCUT2D eigenvalue weighted by Gasteiger charge is -2.02. The van der Waals surface area contributed by atoms with Crippen LogP contribution in [-0.2, 0) is 12.3 Å². The number of imidazole rings is 1. The number of tetrazole rings is 1. The van der Waals surface area contributed by atoms with Gasteiger partial charge in [0.25, 0.3) is 0 Å². The summed E-state index contributed by atoms with van der Waals surface area (Å²) in [6.45, 7) is 1.61. The Kier molecular flexibility index (Phi) is 3.76. The zero-order valence-corrected chi connectivity index (χ0v) is 12.0. The molecule has 0 fully saturated rings. The molecule has 0 atom stereocenters. The summed E-state index contributed by atoms with van der Waals surface area (Å²) in [4.78, 5) is 5.55. The van der Waals surface area contributed by atoms with Gasteiger partial charge in [0.1, 0.15) is 0 Å². The van der Waals surface area contributed by atoms with Crippen LogP contribution in [0, 0.1) is 0 Å². The lowest BCUT2D eigenvalue weighted by molar-refractivity contribution is 0.530. The van der Waals surface area contributed by atoms with E-state index in [-0.39, 0.29) is 0 Å². The van der Waals surface area contributed by atoms with Gasteiger partial charge in [-0.15, -0.1) is 16.4 Å². The SMILES string of the molecule is CNCCn1nnnc1SCc1cn2ccsc2n1. The van der Waals surface area contributed by atoms with E-state index in [1.54, 1.807) is 27.8 Å². The Morgan fingerprint density at radius 3 is 3.26 bits per heavy atom. The first kappa shape index (κ1) is 12.6. The molecule has 0 unspecified atom stereocenters. The molecule has 0 amide bonds. The lowest BCUT2D eigenvalue weighted by Crippen LogP contribution is -2.16. The van der Waals surface area contributed by atoms with Gasteiger partial charge in [0.2, 0.25) is 5.16 Å². The smallest absolute Gasteiger partial charge is 0.209 e. The molecule has 100 valence electrons. The Balaban J connectivity index is 1.65. The molecule has 0 aliphatic carbocycles. The number of rotatable bonds is 6. The van der Waals surface area contributed by atoms with E-state index >= 15 is 0 Å². The van der Waals surface area contributed by atoms with Gasteiger partial charge < -0.3 is 5.32 Å². The normalized spacial score (nSPS) is 11.4. The van der Waals surface area contributed by atoms with Crippen molar-refractivity contribution in [3.63, 3.8) is 0 Å². The molecule has 7 nitrogen and oxygen atoms in total. The van der Waals surface area contributed by atoms with Crippen LogP contribution in [0.15, 0.2) is 22.9 Å². The van der Waals surface area contributed by atoms with E-state index in [4.69, 9.17) is 0 Å². The maximum absolute atomic E-state index is 4.53. The maximum atomic E-state index is 4.53. The van der Waals surface area contributed by atoms with E-state index < -0.39 is 0 Å². The van der Waals surface area contributed by atoms with Gasteiger partial charge >= 0.3 is 0 Å². The summed E-state index contributed by atoms with van der Waals surface area (Å²) in [6, 6.07) is 0. The highest BCUT2D eigenvalue weighted by molar-refractivity contribution is 7.98. The van der Waals surface area contributed by atoms with Crippen LogP contribution < -0.4 is 5.32 Å². The van der Waals surface area contributed by atoms with Gasteiger partial charge in [-0.2, -0.15) is 0 Å². The van der Waals surface area contributed by atoms with E-state index in [2.05, 4.69) is 25.8 Å². The monoisotopic (exact) mass is 295 g/mol. The zero-order valence-electron chi connectivity index (χ0n) is 10.4. The van der Waals surface area contributed by atoms with Crippen LogP contribution in [0.5, 0.6) is 0 Å². The molecule has 0 saturated carbocycles. The zero-order chi connectivity index (χ0) is 13.1. The molecule has 1 N–H and O–H groups in total. The fourth-order valence-electron chi connectivity index (χ4n) is 1.64. The highest BCUT2D eigenvalue weighted by Gasteiger charge is 2.08. The van der Waals surface area contributed by atoms with Crippen LogP contribution >= 0.6 is 23.1 Å². The Hall–Kier alpha value is -1.45. The van der Waals surface area contributed by atoms with Crippen LogP contribution in [0.3, 0.4) is 0 Å². The maximum Gasteiger partial charge on any atom is 0.209 e. The Labute approximate surface area is 118 Å². The third-order valence-electron chi connectivity index (χ3n) is 2.56. The fourth-order valence-corrected chi connectivity index (χ4v) is 3.15. The average Bonchev–Trinajstić information content (AvgIpc) is 3.09. The molecule has 0 aliphatic rings. The standard InChI is InChI=1S/C10H13N7S2/c1-11-2-3-17-10(13-14-15-17)19-7-8-6-16-4-5-18-9(16)12-8/h4-6,11H,2-3,7H2,1H3. The highest BCUT2D eigenvalue weighted by atomic mass is 32.2. The molecular formula is C10H13N7S2. The molecule has 0 saturated heterocycles. The fraction of sp³-hybridized carbons (Fsp3) is 0.400. The van der Waals surface area contributed by atoms with Gasteiger partial charge in [0.15, 0.2) is 4.96 Å². The van der Waals surface area contributed by atoms with Crippen LogP contribution in [0.4, 0.5) is 0 Å². The third kappa shape index (κ3) is 2.77. The van der Waals surface area contributed by atoms with Gasteiger partial charge in [-0.1, -0.05) is 11.8 Å². The number of thioether (sulfide) groups is 1. The molecule has 3 aromatic heterocycles. The second-order valence-electron chi connectivity index (χ2n) is 3.90. The third-order valence-corrected chi connectivity index (χ3v) is 4.33. The molecular weight excluding hydrogens is 282 g/mol. The molecule has 0 aliphatic heterocycles. The van der Waals surface area contributed by atoms with Gasteiger partial charge in [-0.05, 0) is 17.5 Å². The second kappa shape index (κ2) is 5.68. The summed E-state index contributed by atoms with van der Waals surface area (Å²) in [5.41, 5.74) is 1.04. The molecule has 3 heterocycles. The number of likely N-dealkylation sites (N-methyl/N-ethyl adjacent to an activating group) is 1. The van der Waals surface area contributed by atoms with Crippen molar-refractivity contribution in [3.8, 4) is 0 Å². The summed E-state index contributed by atoms with van der Waals surface area (Å²) < 4.78 is 3.84. The minimum absolute atomic E-state index is 0.768. The van der Waals surface area contributed by atoms with Gasteiger partial charge in [0, 0.05) is 30.1 Å². The van der Waals surface area contributed by atoms with E-state index in [9.17, 15) is 0 Å². The number of nitrogens with zero attached hydrogens (tertiary/aromatic N) is 6. The second-order valence-corrected chi connectivity index (χ2v) is 5.72. The molecule has 0 aromatic carbocycles. The average molecular weight is 295 g/mol. The summed E-state index contributed by atoms with van der Waals surface area (Å²) >= 11 is 3.24. The molecule has 3 rings (SSSR count). The van der Waals surface area contributed by atoms with Crippen molar-refractivity contribution in [1.82, 2.24) is 34.9 Å². The van der Waals surface area contributed by atoms with Crippen molar-refractivity contribution in [2.45, 2.75) is 17.5 Å². The van der Waals surface area contributed by atoms with Crippen molar-refractivity contribution < 1.29 is 0 Å². The Morgan fingerprint density at radius 2 is 2.42 bits per heavy atom. The minimum atomic E-state index is 0.768. The van der Waals surface area contributed by atoms with Crippen molar-refractivity contribution in [2.24, 2.45) is 0 Å². The van der Waals surface area contributed by atoms with Crippen molar-refractivity contribution >= 4 is 28.1 Å². The molecule has 3 aromatic rings. The summed E-state index contributed by atoms with van der Waals surface area (Å²) in [5.74, 6) is 0.772. The molecule has 19 heavy (non-hydrogen) atoms. The lowest BCUT2D eigenvalue weighted by atomic mass is 10.6. The highest BCUT2D eigenvalue weighted by Crippen LogP contribution is 2.20. The van der Waals surface area contributed by atoms with Gasteiger partial charge in [0.05, 0.1) is 12.2 Å². The topological polar surface area (TPSA) is 72.9 Å². The number of thiazole rings is 1. The van der Waals surface area contributed by atoms with Gasteiger partial charge in [-0.3, -0.25) is 4.40 Å². The number of hydrogen-bond acceptors (Lipinski definition) is 7. The molecule has 0 spiro atoms. The van der Waals surface area contributed by atoms with Gasteiger partial charge in [-0.25, -0.2) is 9.67 Å². The largest absolute Gasteiger partial charge is 0.318 e. The number of fused-ring (bicyclic) bond motifs is 1. The van der Waals surface area contributed by atoms with Crippen LogP contribution in [-0.4, -0.2) is 43.2 Å². The first-order valence-electron chi connectivity index (χ1n) is 5.81. The Morgan fingerprint density at radius 1 is 1.47 bits per heavy atom. The summed E-state index contributed by atoms with van der Waals surface area (Å²) in [6.07, 6.45) is 4.05. The van der Waals surface area contributed by atoms with E-state index in [1.807, 2.05) is 29.2 Å². The predicted molar refractivity (Wildman–Crippen MR) is 74.4 cm³/mol. The number of nitrogens with one attached hydrogen (secondary N) is 1. The van der Waals surface area contributed by atoms with Crippen LogP contribution in [0.25, 0.3) is 4.96 Å². The summed E-state index contributed by atoms with van der Waals surface area (Å²) in [5, 5.41) is 17.6. The molecule has 9 heteroatoms. The van der Waals surface area contributed by atoms with E-state index in [0.29, 0.717) is 0 Å². The first-order chi connectivity index (χ1) is 9.36. The summed E-state index contributed by atoms with van der Waals surface area (Å²) in [7, 11) is 1.91. The number of hydrogen-bond donors (Lipinski definition) is 1. The van der Waals surface area contributed by atoms with E-state index in [1.165, 1.54) is 0 Å². The van der Waals surface area contributed by atoms with Crippen LogP contribution in [0.1, 0.15) is 5.69 Å². The number of aromatic nitrogens is 6. The Bertz CT molecular complexity index is 627. The van der Waals surface area contributed by atoms with Crippen molar-refractivity contribution in [2.75, 3.05) is 13.6 Å². The van der Waals surface area contributed by atoms with Crippen molar-refractivity contribution in [3.05, 3.63) is 23.5 Å². The van der Waals surface area contributed by atoms with Crippen LogP contribution in [0.2, 0.25) is 0 Å². The quantitative estimate of drug-likeness (QED) is 0.681. The van der Waals surface area contributed by atoms with Crippen molar-refractivity contribution in [1.29, 1.82) is 0 Å². The molecule has 0 radical (unpaired) electrons.